The average molecular weight is 434 g/mol. The first-order chi connectivity index (χ1) is 15.1. The first-order valence-electron chi connectivity index (χ1n) is 10.1. The molecule has 0 radical (unpaired) electrons. The molecular formula is C24H23N3O3S. The van der Waals surface area contributed by atoms with Gasteiger partial charge in [0.15, 0.2) is 11.2 Å². The molecule has 1 aromatic heterocycles. The van der Waals surface area contributed by atoms with E-state index in [1.54, 1.807) is 22.8 Å². The number of aromatic nitrogens is 1. The predicted molar refractivity (Wildman–Crippen MR) is 124 cm³/mol. The Morgan fingerprint density at radius 2 is 1.97 bits per heavy atom. The largest absolute Gasteiger partial charge is 0.479 e. The number of hydrogen-bond acceptors (Lipinski definition) is 5. The van der Waals surface area contributed by atoms with Crippen LogP contribution in [-0.2, 0) is 9.59 Å². The Bertz CT molecular complexity index is 1100. The van der Waals surface area contributed by atoms with Crippen LogP contribution in [0.15, 0.2) is 72.6 Å². The third-order valence-electron chi connectivity index (χ3n) is 5.03. The number of carbonyl (C=O) groups is 2. The summed E-state index contributed by atoms with van der Waals surface area (Å²) in [6.07, 6.45) is 1.27. The van der Waals surface area contributed by atoms with Crippen LogP contribution in [-0.4, -0.2) is 36.0 Å². The van der Waals surface area contributed by atoms with Crippen LogP contribution in [0.5, 0.6) is 5.75 Å². The van der Waals surface area contributed by atoms with E-state index < -0.39 is 6.10 Å². The van der Waals surface area contributed by atoms with E-state index >= 15 is 0 Å². The van der Waals surface area contributed by atoms with Crippen molar-refractivity contribution < 1.29 is 14.3 Å². The second kappa shape index (κ2) is 9.14. The van der Waals surface area contributed by atoms with Crippen LogP contribution in [0.3, 0.4) is 0 Å². The Morgan fingerprint density at radius 1 is 1.23 bits per heavy atom. The van der Waals surface area contributed by atoms with Gasteiger partial charge in [-0.25, -0.2) is 4.98 Å². The zero-order valence-electron chi connectivity index (χ0n) is 17.2. The van der Waals surface area contributed by atoms with Crippen molar-refractivity contribution in [1.29, 1.82) is 0 Å². The van der Waals surface area contributed by atoms with Crippen LogP contribution in [0.4, 0.5) is 10.8 Å². The summed E-state index contributed by atoms with van der Waals surface area (Å²) >= 11 is 1.42. The minimum absolute atomic E-state index is 0.113. The predicted octanol–water partition coefficient (Wildman–Crippen LogP) is 4.53. The van der Waals surface area contributed by atoms with Crippen molar-refractivity contribution in [2.45, 2.75) is 19.4 Å². The molecule has 0 bridgehead atoms. The number of amides is 2. The molecule has 7 heteroatoms. The van der Waals surface area contributed by atoms with Crippen molar-refractivity contribution in [2.75, 3.05) is 22.9 Å². The number of ether oxygens (including phenoxy) is 1. The molecule has 0 N–H and O–H groups in total. The molecule has 1 atom stereocenters. The highest BCUT2D eigenvalue weighted by molar-refractivity contribution is 7.14. The van der Waals surface area contributed by atoms with Crippen LogP contribution in [0.1, 0.15) is 13.3 Å². The number of rotatable bonds is 7. The number of benzene rings is 2. The van der Waals surface area contributed by atoms with Gasteiger partial charge in [0.05, 0.1) is 11.4 Å². The molecule has 1 aliphatic heterocycles. The molecule has 0 saturated heterocycles. The second-order valence-electron chi connectivity index (χ2n) is 7.14. The van der Waals surface area contributed by atoms with E-state index in [2.05, 4.69) is 11.6 Å². The van der Waals surface area contributed by atoms with Crippen LogP contribution in [0.25, 0.3) is 11.3 Å². The molecule has 4 rings (SSSR count). The van der Waals surface area contributed by atoms with Crippen molar-refractivity contribution in [1.82, 2.24) is 4.98 Å². The number of carbonyl (C=O) groups excluding carboxylic acids is 2. The number of para-hydroxylation sites is 2. The summed E-state index contributed by atoms with van der Waals surface area (Å²) in [4.78, 5) is 33.7. The van der Waals surface area contributed by atoms with Gasteiger partial charge in [0.25, 0.3) is 5.91 Å². The fourth-order valence-electron chi connectivity index (χ4n) is 3.48. The van der Waals surface area contributed by atoms with Crippen LogP contribution in [0, 0.1) is 0 Å². The molecule has 3 aromatic rings. The van der Waals surface area contributed by atoms with Crippen molar-refractivity contribution >= 4 is 34.0 Å². The Kier molecular flexibility index (Phi) is 6.13. The Morgan fingerprint density at radius 3 is 2.74 bits per heavy atom. The summed E-state index contributed by atoms with van der Waals surface area (Å²) in [5.41, 5.74) is 2.52. The number of anilines is 2. The summed E-state index contributed by atoms with van der Waals surface area (Å²) < 4.78 is 5.67. The van der Waals surface area contributed by atoms with Gasteiger partial charge >= 0.3 is 0 Å². The van der Waals surface area contributed by atoms with Crippen molar-refractivity contribution in [3.05, 3.63) is 72.6 Å². The first kappa shape index (κ1) is 20.8. The number of thiazole rings is 1. The van der Waals surface area contributed by atoms with Crippen LogP contribution < -0.4 is 14.5 Å². The molecule has 1 unspecified atom stereocenters. The molecule has 6 nitrogen and oxygen atoms in total. The maximum Gasteiger partial charge on any atom is 0.267 e. The van der Waals surface area contributed by atoms with Gasteiger partial charge in [-0.1, -0.05) is 48.5 Å². The van der Waals surface area contributed by atoms with E-state index in [1.807, 2.05) is 60.0 Å². The molecule has 158 valence electrons. The van der Waals surface area contributed by atoms with E-state index in [0.29, 0.717) is 23.1 Å². The van der Waals surface area contributed by atoms with E-state index in [0.717, 1.165) is 11.3 Å². The standard InChI is InChI=1S/C24H23N3O3S/c1-3-14-27(24-25-19(16-31-24)18-9-5-4-6-10-18)22(28)13-15-26-20-11-7-8-12-21(20)30-17(2)23(26)29/h3-12,16-17H,1,13-15H2,2H3. The summed E-state index contributed by atoms with van der Waals surface area (Å²) in [6, 6.07) is 17.2. The monoisotopic (exact) mass is 433 g/mol. The highest BCUT2D eigenvalue weighted by Gasteiger charge is 2.32. The van der Waals surface area contributed by atoms with Gasteiger partial charge in [0.2, 0.25) is 5.91 Å². The molecule has 0 spiro atoms. The van der Waals surface area contributed by atoms with Gasteiger partial charge in [-0.05, 0) is 19.1 Å². The van der Waals surface area contributed by atoms with Crippen LogP contribution >= 0.6 is 11.3 Å². The highest BCUT2D eigenvalue weighted by atomic mass is 32.1. The molecule has 0 aliphatic carbocycles. The quantitative estimate of drug-likeness (QED) is 0.514. The van der Waals surface area contributed by atoms with Gasteiger partial charge in [-0.15, -0.1) is 17.9 Å². The molecule has 2 aromatic carbocycles. The van der Waals surface area contributed by atoms with Gasteiger partial charge < -0.3 is 9.64 Å². The SMILES string of the molecule is C=CCN(C(=O)CCN1C(=O)C(C)Oc2ccccc21)c1nc(-c2ccccc2)cs1. The highest BCUT2D eigenvalue weighted by Crippen LogP contribution is 2.34. The summed E-state index contributed by atoms with van der Waals surface area (Å²) in [5, 5.41) is 2.56. The van der Waals surface area contributed by atoms with Crippen molar-refractivity contribution in [3.63, 3.8) is 0 Å². The summed E-state index contributed by atoms with van der Waals surface area (Å²) in [7, 11) is 0. The normalized spacial score (nSPS) is 15.2. The third-order valence-corrected chi connectivity index (χ3v) is 5.89. The Hall–Kier alpha value is -3.45. The molecule has 0 fully saturated rings. The van der Waals surface area contributed by atoms with E-state index in [-0.39, 0.29) is 24.8 Å². The Balaban J connectivity index is 1.51. The molecule has 31 heavy (non-hydrogen) atoms. The number of nitrogens with zero attached hydrogens (tertiary/aromatic N) is 3. The lowest BCUT2D eigenvalue weighted by Gasteiger charge is -2.33. The maximum atomic E-state index is 13.1. The zero-order chi connectivity index (χ0) is 21.8. The molecule has 2 amide bonds. The summed E-state index contributed by atoms with van der Waals surface area (Å²) in [5.74, 6) is 0.387. The molecule has 2 heterocycles. The lowest BCUT2D eigenvalue weighted by atomic mass is 10.1. The molecule has 0 saturated carbocycles. The van der Waals surface area contributed by atoms with Crippen molar-refractivity contribution in [3.8, 4) is 17.0 Å². The Labute approximate surface area is 185 Å². The minimum Gasteiger partial charge on any atom is -0.479 e. The van der Waals surface area contributed by atoms with Crippen molar-refractivity contribution in [2.24, 2.45) is 0 Å². The lowest BCUT2D eigenvalue weighted by Crippen LogP contribution is -2.46. The molecular weight excluding hydrogens is 410 g/mol. The second-order valence-corrected chi connectivity index (χ2v) is 7.98. The van der Waals surface area contributed by atoms with Gasteiger partial charge in [0, 0.05) is 30.5 Å². The lowest BCUT2D eigenvalue weighted by molar-refractivity contribution is -0.125. The minimum atomic E-state index is -0.582. The first-order valence-corrected chi connectivity index (χ1v) is 11.0. The van der Waals surface area contributed by atoms with E-state index in [9.17, 15) is 9.59 Å². The van der Waals surface area contributed by atoms with Gasteiger partial charge in [-0.3, -0.25) is 14.5 Å². The smallest absolute Gasteiger partial charge is 0.267 e. The fraction of sp³-hybridized carbons (Fsp3) is 0.208. The van der Waals surface area contributed by atoms with E-state index in [4.69, 9.17) is 4.74 Å². The number of fused-ring (bicyclic) bond motifs is 1. The maximum absolute atomic E-state index is 13.1. The third kappa shape index (κ3) is 4.36. The number of hydrogen-bond donors (Lipinski definition) is 0. The molecule has 1 aliphatic rings. The zero-order valence-corrected chi connectivity index (χ0v) is 18.0. The van der Waals surface area contributed by atoms with Gasteiger partial charge in [0.1, 0.15) is 5.75 Å². The average Bonchev–Trinajstić information content (AvgIpc) is 3.28. The van der Waals surface area contributed by atoms with Gasteiger partial charge in [-0.2, -0.15) is 0 Å². The van der Waals surface area contributed by atoms with E-state index in [1.165, 1.54) is 11.3 Å². The topological polar surface area (TPSA) is 62.7 Å². The summed E-state index contributed by atoms with van der Waals surface area (Å²) in [6.45, 7) is 6.12. The van der Waals surface area contributed by atoms with Crippen LogP contribution in [0.2, 0.25) is 0 Å². The fourth-order valence-corrected chi connectivity index (χ4v) is 4.34.